The molecule has 0 aliphatic heterocycles. The number of nitrogens with one attached hydrogen (secondary N) is 1. The van der Waals surface area contributed by atoms with Crippen LogP contribution in [-0.4, -0.2) is 52.8 Å². The fourth-order valence-electron chi connectivity index (χ4n) is 1.31. The molecular weight excluding hydrogens is 238 g/mol. The molecule has 0 amide bonds. The van der Waals surface area contributed by atoms with Crippen LogP contribution < -0.4 is 5.32 Å². The molecule has 0 aliphatic rings. The van der Waals surface area contributed by atoms with Crippen LogP contribution in [0.5, 0.6) is 0 Å². The van der Waals surface area contributed by atoms with Gasteiger partial charge in [-0.2, -0.15) is 0 Å². The van der Waals surface area contributed by atoms with Crippen LogP contribution in [0.1, 0.15) is 19.8 Å². The number of thioether (sulfide) groups is 1. The van der Waals surface area contributed by atoms with Gasteiger partial charge in [-0.05, 0) is 29.8 Å². The number of rotatable bonds is 10. The van der Waals surface area contributed by atoms with E-state index in [0.717, 1.165) is 50.0 Å². The Morgan fingerprint density at radius 2 is 2.29 bits per heavy atom. The smallest absolute Gasteiger partial charge is 0.209 e. The third-order valence-corrected chi connectivity index (χ3v) is 3.27. The molecule has 6 nitrogen and oxygen atoms in total. The molecular formula is C10H21N5OS. The Hall–Kier alpha value is -0.660. The minimum atomic E-state index is 0.821. The van der Waals surface area contributed by atoms with Gasteiger partial charge in [-0.1, -0.05) is 18.7 Å². The highest BCUT2D eigenvalue weighted by Crippen LogP contribution is 2.15. The van der Waals surface area contributed by atoms with E-state index in [4.69, 9.17) is 4.74 Å². The zero-order chi connectivity index (χ0) is 12.3. The molecule has 0 spiro atoms. The third kappa shape index (κ3) is 5.99. The molecule has 0 atom stereocenters. The summed E-state index contributed by atoms with van der Waals surface area (Å²) in [6.07, 6.45) is 2.21. The van der Waals surface area contributed by atoms with E-state index >= 15 is 0 Å². The van der Waals surface area contributed by atoms with Gasteiger partial charge in [0.1, 0.15) is 0 Å². The molecule has 1 N–H and O–H groups in total. The maximum absolute atomic E-state index is 5.01. The monoisotopic (exact) mass is 259 g/mol. The molecule has 0 saturated heterocycles. The van der Waals surface area contributed by atoms with Crippen molar-refractivity contribution in [2.75, 3.05) is 32.6 Å². The van der Waals surface area contributed by atoms with Crippen molar-refractivity contribution in [1.29, 1.82) is 0 Å². The van der Waals surface area contributed by atoms with E-state index in [1.54, 1.807) is 18.9 Å². The highest BCUT2D eigenvalue weighted by Gasteiger charge is 2.05. The SMILES string of the molecule is CCNCCn1nnnc1SCCCCOC. The molecule has 0 radical (unpaired) electrons. The number of likely N-dealkylation sites (N-methyl/N-ethyl adjacent to an activating group) is 1. The Morgan fingerprint density at radius 3 is 3.06 bits per heavy atom. The number of tetrazole rings is 1. The van der Waals surface area contributed by atoms with Crippen LogP contribution in [0, 0.1) is 0 Å². The summed E-state index contributed by atoms with van der Waals surface area (Å²) >= 11 is 1.71. The standard InChI is InChI=1S/C10H21N5OS/c1-3-11-6-7-15-10(12-13-14-15)17-9-5-4-8-16-2/h11H,3-9H2,1-2H3. The molecule has 1 aromatic rings. The summed E-state index contributed by atoms with van der Waals surface area (Å²) < 4.78 is 6.86. The van der Waals surface area contributed by atoms with Crippen LogP contribution in [0.4, 0.5) is 0 Å². The number of hydrogen-bond acceptors (Lipinski definition) is 6. The van der Waals surface area contributed by atoms with Gasteiger partial charge in [0.25, 0.3) is 0 Å². The lowest BCUT2D eigenvalue weighted by molar-refractivity contribution is 0.194. The second kappa shape index (κ2) is 9.38. The Balaban J connectivity index is 2.20. The molecule has 0 fully saturated rings. The molecule has 0 unspecified atom stereocenters. The second-order valence-corrected chi connectivity index (χ2v) is 4.65. The molecule has 0 aromatic carbocycles. The summed E-state index contributed by atoms with van der Waals surface area (Å²) in [6.45, 7) is 5.61. The largest absolute Gasteiger partial charge is 0.385 e. The van der Waals surface area contributed by atoms with Gasteiger partial charge >= 0.3 is 0 Å². The lowest BCUT2D eigenvalue weighted by Crippen LogP contribution is -2.20. The van der Waals surface area contributed by atoms with Gasteiger partial charge in [0.15, 0.2) is 0 Å². The molecule has 1 rings (SSSR count). The van der Waals surface area contributed by atoms with E-state index in [0.29, 0.717) is 0 Å². The van der Waals surface area contributed by atoms with E-state index in [2.05, 4.69) is 27.8 Å². The quantitative estimate of drug-likeness (QED) is 0.495. The van der Waals surface area contributed by atoms with Gasteiger partial charge in [-0.15, -0.1) is 5.10 Å². The van der Waals surface area contributed by atoms with Crippen molar-refractivity contribution >= 4 is 11.8 Å². The minimum absolute atomic E-state index is 0.821. The minimum Gasteiger partial charge on any atom is -0.385 e. The van der Waals surface area contributed by atoms with Crippen LogP contribution >= 0.6 is 11.8 Å². The predicted octanol–water partition coefficient (Wildman–Crippen LogP) is 0.801. The number of unbranched alkanes of at least 4 members (excludes halogenated alkanes) is 1. The molecule has 17 heavy (non-hydrogen) atoms. The van der Waals surface area contributed by atoms with E-state index in [-0.39, 0.29) is 0 Å². The summed E-state index contributed by atoms with van der Waals surface area (Å²) in [6, 6.07) is 0. The van der Waals surface area contributed by atoms with Crippen LogP contribution in [0.25, 0.3) is 0 Å². The first-order valence-electron chi connectivity index (χ1n) is 5.97. The summed E-state index contributed by atoms with van der Waals surface area (Å²) in [5.74, 6) is 1.03. The van der Waals surface area contributed by atoms with Gasteiger partial charge in [0.2, 0.25) is 5.16 Å². The fraction of sp³-hybridized carbons (Fsp3) is 0.900. The normalized spacial score (nSPS) is 10.9. The highest BCUT2D eigenvalue weighted by atomic mass is 32.2. The summed E-state index contributed by atoms with van der Waals surface area (Å²) in [5, 5.41) is 15.9. The second-order valence-electron chi connectivity index (χ2n) is 3.59. The molecule has 0 aliphatic carbocycles. The molecule has 1 heterocycles. The molecule has 0 saturated carbocycles. The van der Waals surface area contributed by atoms with Crippen molar-refractivity contribution in [3.05, 3.63) is 0 Å². The van der Waals surface area contributed by atoms with E-state index in [1.807, 2.05) is 4.68 Å². The van der Waals surface area contributed by atoms with Gasteiger partial charge in [-0.3, -0.25) is 0 Å². The number of aromatic nitrogens is 4. The zero-order valence-electron chi connectivity index (χ0n) is 10.6. The molecule has 1 aromatic heterocycles. The van der Waals surface area contributed by atoms with Gasteiger partial charge < -0.3 is 10.1 Å². The molecule has 7 heteroatoms. The topological polar surface area (TPSA) is 64.9 Å². The number of methoxy groups -OCH3 is 1. The molecule has 0 bridgehead atoms. The Labute approximate surface area is 106 Å². The predicted molar refractivity (Wildman–Crippen MR) is 68.2 cm³/mol. The Morgan fingerprint density at radius 1 is 1.41 bits per heavy atom. The Bertz CT molecular complexity index is 294. The van der Waals surface area contributed by atoms with E-state index < -0.39 is 0 Å². The number of ether oxygens (including phenoxy) is 1. The average Bonchev–Trinajstić information content (AvgIpc) is 2.77. The van der Waals surface area contributed by atoms with E-state index in [1.165, 1.54) is 0 Å². The lowest BCUT2D eigenvalue weighted by atomic mass is 10.4. The van der Waals surface area contributed by atoms with Crippen molar-refractivity contribution < 1.29 is 4.74 Å². The lowest BCUT2D eigenvalue weighted by Gasteiger charge is -2.04. The fourth-order valence-corrected chi connectivity index (χ4v) is 2.22. The van der Waals surface area contributed by atoms with Crippen LogP contribution in [0.2, 0.25) is 0 Å². The van der Waals surface area contributed by atoms with Crippen LogP contribution in [-0.2, 0) is 11.3 Å². The maximum Gasteiger partial charge on any atom is 0.209 e. The first kappa shape index (κ1) is 14.4. The van der Waals surface area contributed by atoms with Crippen molar-refractivity contribution in [3.63, 3.8) is 0 Å². The average molecular weight is 259 g/mol. The highest BCUT2D eigenvalue weighted by molar-refractivity contribution is 7.99. The van der Waals surface area contributed by atoms with Crippen molar-refractivity contribution in [2.24, 2.45) is 0 Å². The van der Waals surface area contributed by atoms with Crippen LogP contribution in [0.15, 0.2) is 5.16 Å². The van der Waals surface area contributed by atoms with Crippen molar-refractivity contribution in [3.8, 4) is 0 Å². The number of hydrogen-bond donors (Lipinski definition) is 1. The van der Waals surface area contributed by atoms with Gasteiger partial charge in [0, 0.05) is 26.0 Å². The summed E-state index contributed by atoms with van der Waals surface area (Å²) in [7, 11) is 1.73. The first-order chi connectivity index (χ1) is 8.38. The third-order valence-electron chi connectivity index (χ3n) is 2.22. The zero-order valence-corrected chi connectivity index (χ0v) is 11.4. The Kier molecular flexibility index (Phi) is 7.94. The van der Waals surface area contributed by atoms with Gasteiger partial charge in [-0.25, -0.2) is 4.68 Å². The van der Waals surface area contributed by atoms with Crippen molar-refractivity contribution in [1.82, 2.24) is 25.5 Å². The van der Waals surface area contributed by atoms with Crippen LogP contribution in [0.3, 0.4) is 0 Å². The summed E-state index contributed by atoms with van der Waals surface area (Å²) in [5.41, 5.74) is 0. The number of nitrogens with zero attached hydrogens (tertiary/aromatic N) is 4. The maximum atomic E-state index is 5.01. The van der Waals surface area contributed by atoms with Crippen molar-refractivity contribution in [2.45, 2.75) is 31.5 Å². The molecule has 98 valence electrons. The summed E-state index contributed by atoms with van der Waals surface area (Å²) in [4.78, 5) is 0. The van der Waals surface area contributed by atoms with E-state index in [9.17, 15) is 0 Å². The van der Waals surface area contributed by atoms with Gasteiger partial charge in [0.05, 0.1) is 6.54 Å². The first-order valence-corrected chi connectivity index (χ1v) is 6.95.